The molecule has 3 aromatic heterocycles. The van der Waals surface area contributed by atoms with Crippen LogP contribution in [0, 0.1) is 11.3 Å². The summed E-state index contributed by atoms with van der Waals surface area (Å²) >= 11 is 1.53. The van der Waals surface area contributed by atoms with Gasteiger partial charge in [0.05, 0.1) is 19.5 Å². The van der Waals surface area contributed by atoms with Gasteiger partial charge in [0, 0.05) is 65.9 Å². The summed E-state index contributed by atoms with van der Waals surface area (Å²) < 4.78 is 62.4. The molecule has 0 bridgehead atoms. The number of para-hydroxylation sites is 1. The van der Waals surface area contributed by atoms with Crippen LogP contribution in [0.3, 0.4) is 0 Å². The lowest BCUT2D eigenvalue weighted by Crippen LogP contribution is -2.46. The summed E-state index contributed by atoms with van der Waals surface area (Å²) in [6, 6.07) is 8.02. The number of H-pyrrole nitrogens is 1. The Morgan fingerprint density at radius 1 is 1.03 bits per heavy atom. The predicted molar refractivity (Wildman–Crippen MR) is 232 cm³/mol. The molecule has 0 aliphatic carbocycles. The first-order chi connectivity index (χ1) is 30.5. The lowest BCUT2D eigenvalue weighted by atomic mass is 9.87. The Hall–Kier alpha value is -3.68. The number of fused-ring (bicyclic) bond motifs is 2. The summed E-state index contributed by atoms with van der Waals surface area (Å²) in [5.74, 6) is -0.196. The molecule has 4 heterocycles. The van der Waals surface area contributed by atoms with E-state index < -0.39 is 78.6 Å². The molecule has 1 saturated heterocycles. The molecule has 1 aliphatic rings. The number of aliphatic hydroxyl groups is 2. The topological polar surface area (TPSA) is 379 Å². The van der Waals surface area contributed by atoms with Gasteiger partial charge in [-0.3, -0.25) is 32.5 Å². The van der Waals surface area contributed by atoms with Crippen LogP contribution in [-0.2, 0) is 57.1 Å². The third kappa shape index (κ3) is 14.9. The number of nitrogens with one attached hydrogen (secondary N) is 3. The fourth-order valence-corrected chi connectivity index (χ4v) is 10.4. The van der Waals surface area contributed by atoms with Crippen LogP contribution in [0.25, 0.3) is 22.1 Å². The van der Waals surface area contributed by atoms with Gasteiger partial charge in [-0.05, 0) is 24.5 Å². The van der Waals surface area contributed by atoms with Crippen LogP contribution in [0.15, 0.2) is 43.1 Å². The Kier molecular flexibility index (Phi) is 18.0. The van der Waals surface area contributed by atoms with Crippen molar-refractivity contribution in [1.82, 2.24) is 35.1 Å². The minimum Gasteiger partial charge on any atom is -0.386 e. The van der Waals surface area contributed by atoms with Crippen molar-refractivity contribution in [3.63, 3.8) is 0 Å². The molecule has 1 fully saturated rings. The molecule has 0 spiro atoms. The van der Waals surface area contributed by atoms with Gasteiger partial charge in [0.2, 0.25) is 11.8 Å². The normalized spacial score (nSPS) is 20.9. The highest BCUT2D eigenvalue weighted by Crippen LogP contribution is 2.61. The number of imidazole rings is 1. The number of thioether (sulfide) groups is 1. The summed E-state index contributed by atoms with van der Waals surface area (Å²) in [5.41, 5.74) is 6.53. The smallest absolute Gasteiger partial charge is 0.386 e. The van der Waals surface area contributed by atoms with Gasteiger partial charge in [0.1, 0.15) is 42.0 Å². The number of aryl methyl sites for hydroxylation is 1. The maximum absolute atomic E-state index is 12.7. The fraction of sp³-hybridized carbons (Fsp3) is 0.556. The monoisotopic (exact) mass is 994 g/mol. The number of aromatic nitrogens is 5. The van der Waals surface area contributed by atoms with Crippen molar-refractivity contribution in [3.05, 3.63) is 48.7 Å². The average Bonchev–Trinajstić information content (AvgIpc) is 3.93. The molecule has 5 rings (SSSR count). The molecular weight excluding hydrogens is 941 g/mol. The molecule has 0 saturated carbocycles. The Morgan fingerprint density at radius 3 is 2.49 bits per heavy atom. The summed E-state index contributed by atoms with van der Waals surface area (Å²) in [7, 11) is -16.4. The van der Waals surface area contributed by atoms with Crippen molar-refractivity contribution in [2.75, 3.05) is 43.5 Å². The molecule has 0 radical (unpaired) electrons. The summed E-state index contributed by atoms with van der Waals surface area (Å²) in [6.07, 6.45) is -2.88. The van der Waals surface area contributed by atoms with E-state index >= 15 is 0 Å². The van der Waals surface area contributed by atoms with Crippen LogP contribution in [0.5, 0.6) is 0 Å². The standard InChI is InChI=1S/C36H53N8O17P3S/c1-21(25(45)10-6-7-22-15-40-24-9-5-4-8-23(22)24)17-65-14-13-38-27(46)11-12-39-34(49)31(48)36(2,3)18-58-64(55,56)61-63(53,54)57-16-26-30(60-62(50,51)52)29(47)35(59-26)44-20-43-28-32(37)41-19-42-33(28)44/h4-5,8-9,15,19-21,26,29-31,35,40,47-48H,6-7,10-14,16-18H2,1-3H3,(H,38,46)(H,39,49)(H,53,54)(H,55,56)(H2,37,41,42)(H2,50,51,52)/t21?,26-,29-,30-,31?,35-/m1/s1. The Balaban J connectivity index is 0.981. The highest BCUT2D eigenvalue weighted by Gasteiger charge is 2.50. The Bertz CT molecular complexity index is 2430. The number of ether oxygens (including phenoxy) is 1. The number of phosphoric ester groups is 3. The number of rotatable bonds is 26. The lowest BCUT2D eigenvalue weighted by molar-refractivity contribution is -0.137. The minimum absolute atomic E-state index is 0.0313. The first-order valence-electron chi connectivity index (χ1n) is 20.0. The molecule has 360 valence electrons. The molecule has 25 nitrogen and oxygen atoms in total. The zero-order chi connectivity index (χ0) is 47.7. The SMILES string of the molecule is CC(CSCCNC(=O)CCNC(=O)C(O)C(C)(C)COP(=O)(O)OP(=O)(O)OC[C@H]1O[C@@H](n2cnc3c(N)ncnc32)[C@H](O)[C@@H]1OP(=O)(O)O)C(=O)CCCc1c[nH]c2ccccc12. The maximum atomic E-state index is 12.7. The molecular formula is C36H53N8O17P3S. The quantitative estimate of drug-likeness (QED) is 0.0317. The van der Waals surface area contributed by atoms with Gasteiger partial charge in [-0.25, -0.2) is 28.6 Å². The number of aromatic amines is 1. The van der Waals surface area contributed by atoms with E-state index in [0.717, 1.165) is 41.0 Å². The number of nitrogens with two attached hydrogens (primary N) is 1. The van der Waals surface area contributed by atoms with E-state index in [4.69, 9.17) is 19.5 Å². The number of hydrogen-bond donors (Lipinski definition) is 10. The van der Waals surface area contributed by atoms with Crippen molar-refractivity contribution in [2.45, 2.75) is 77.1 Å². The van der Waals surface area contributed by atoms with E-state index in [0.29, 0.717) is 24.5 Å². The molecule has 1 aromatic carbocycles. The molecule has 4 aromatic rings. The third-order valence-corrected chi connectivity index (χ3v) is 14.4. The second kappa shape index (κ2) is 22.4. The molecule has 29 heteroatoms. The van der Waals surface area contributed by atoms with Crippen molar-refractivity contribution < 1.29 is 80.5 Å². The van der Waals surface area contributed by atoms with Crippen molar-refractivity contribution in [1.29, 1.82) is 0 Å². The zero-order valence-electron chi connectivity index (χ0n) is 35.4. The van der Waals surface area contributed by atoms with Gasteiger partial charge in [0.25, 0.3) is 0 Å². The average molecular weight is 995 g/mol. The largest absolute Gasteiger partial charge is 0.481 e. The van der Waals surface area contributed by atoms with Gasteiger partial charge < -0.3 is 55.9 Å². The summed E-state index contributed by atoms with van der Waals surface area (Å²) in [6.45, 7) is 2.55. The van der Waals surface area contributed by atoms with E-state index in [1.54, 1.807) is 0 Å². The van der Waals surface area contributed by atoms with Crippen LogP contribution >= 0.6 is 35.2 Å². The van der Waals surface area contributed by atoms with Crippen LogP contribution in [0.2, 0.25) is 0 Å². The zero-order valence-corrected chi connectivity index (χ0v) is 38.9. The van der Waals surface area contributed by atoms with Crippen molar-refractivity contribution in [2.24, 2.45) is 11.3 Å². The number of nitrogens with zero attached hydrogens (tertiary/aromatic N) is 4. The number of nitrogen functional groups attached to an aromatic ring is 1. The molecule has 2 amide bonds. The number of carbonyl (C=O) groups excluding carboxylic acids is 3. The van der Waals surface area contributed by atoms with Gasteiger partial charge in [-0.15, -0.1) is 0 Å². The number of amides is 2. The minimum atomic E-state index is -5.58. The number of benzene rings is 1. The van der Waals surface area contributed by atoms with Crippen LogP contribution in [0.1, 0.15) is 51.8 Å². The fourth-order valence-electron chi connectivity index (χ4n) is 6.59. The number of Topliss-reactive ketones (excluding diaryl/α,β-unsaturated/α-hetero) is 1. The van der Waals surface area contributed by atoms with Crippen molar-refractivity contribution >= 4 is 80.7 Å². The second-order valence-electron chi connectivity index (χ2n) is 15.7. The highest BCUT2D eigenvalue weighted by molar-refractivity contribution is 7.99. The van der Waals surface area contributed by atoms with Gasteiger partial charge in [-0.2, -0.15) is 16.1 Å². The summed E-state index contributed by atoms with van der Waals surface area (Å²) in [4.78, 5) is 92.1. The van der Waals surface area contributed by atoms with E-state index in [1.165, 1.54) is 31.2 Å². The van der Waals surface area contributed by atoms with Gasteiger partial charge in [0.15, 0.2) is 17.7 Å². The third-order valence-electron chi connectivity index (χ3n) is 10.1. The predicted octanol–water partition coefficient (Wildman–Crippen LogP) is 1.85. The van der Waals surface area contributed by atoms with E-state index in [1.807, 2.05) is 31.3 Å². The first kappa shape index (κ1) is 52.3. The highest BCUT2D eigenvalue weighted by atomic mass is 32.2. The number of phosphoric acid groups is 3. The lowest BCUT2D eigenvalue weighted by Gasteiger charge is -2.30. The van der Waals surface area contributed by atoms with Crippen molar-refractivity contribution in [3.8, 4) is 0 Å². The van der Waals surface area contributed by atoms with E-state index in [-0.39, 0.29) is 47.6 Å². The van der Waals surface area contributed by atoms with Gasteiger partial charge in [-0.1, -0.05) is 39.0 Å². The second-order valence-corrected chi connectivity index (χ2v) is 21.1. The van der Waals surface area contributed by atoms with E-state index in [2.05, 4.69) is 45.5 Å². The number of aliphatic hydroxyl groups excluding tert-OH is 2. The Labute approximate surface area is 376 Å². The first-order valence-corrected chi connectivity index (χ1v) is 25.7. The molecule has 8 atom stereocenters. The summed E-state index contributed by atoms with van der Waals surface area (Å²) in [5, 5.41) is 27.8. The molecule has 4 unspecified atom stereocenters. The van der Waals surface area contributed by atoms with E-state index in [9.17, 15) is 57.9 Å². The number of ketones is 1. The number of hydrogen-bond acceptors (Lipinski definition) is 18. The Morgan fingerprint density at radius 2 is 1.75 bits per heavy atom. The van der Waals surface area contributed by atoms with Crippen LogP contribution in [-0.4, -0.2) is 134 Å². The number of carbonyl (C=O) groups is 3. The molecule has 11 N–H and O–H groups in total. The molecule has 65 heavy (non-hydrogen) atoms. The number of anilines is 1. The maximum Gasteiger partial charge on any atom is 0.481 e. The van der Waals surface area contributed by atoms with Crippen LogP contribution in [0.4, 0.5) is 5.82 Å². The van der Waals surface area contributed by atoms with Gasteiger partial charge >= 0.3 is 23.5 Å². The van der Waals surface area contributed by atoms with Crippen LogP contribution < -0.4 is 16.4 Å². The molecule has 1 aliphatic heterocycles.